The molecule has 0 aromatic carbocycles. The summed E-state index contributed by atoms with van der Waals surface area (Å²) < 4.78 is 24.3. The van der Waals surface area contributed by atoms with E-state index in [0.29, 0.717) is 5.92 Å². The Kier molecular flexibility index (Phi) is 1.55. The molecule has 5 nitrogen and oxygen atoms in total. The number of carbonyl (C=O) groups excluding carboxylic acids is 1. The highest BCUT2D eigenvalue weighted by atomic mass is 32.2. The zero-order chi connectivity index (χ0) is 9.85. The number of primary amides is 1. The summed E-state index contributed by atoms with van der Waals surface area (Å²) in [6.07, 6.45) is 2.59. The second-order valence-electron chi connectivity index (χ2n) is 4.06. The fourth-order valence-corrected chi connectivity index (χ4v) is 3.17. The Morgan fingerprint density at radius 1 is 1.54 bits per heavy atom. The Hall–Kier alpha value is -0.620. The molecule has 3 N–H and O–H groups in total. The van der Waals surface area contributed by atoms with Crippen molar-refractivity contribution in [1.29, 1.82) is 0 Å². The minimum atomic E-state index is -3.22. The van der Waals surface area contributed by atoms with E-state index in [2.05, 4.69) is 4.72 Å². The van der Waals surface area contributed by atoms with E-state index in [1.54, 1.807) is 0 Å². The largest absolute Gasteiger partial charge is 0.369 e. The number of amides is 1. The van der Waals surface area contributed by atoms with Gasteiger partial charge in [-0.25, -0.2) is 13.1 Å². The van der Waals surface area contributed by atoms with E-state index in [-0.39, 0.29) is 11.9 Å². The monoisotopic (exact) mass is 204 g/mol. The second-order valence-corrected chi connectivity index (χ2v) is 5.84. The molecule has 3 fully saturated rings. The molecule has 0 aromatic heterocycles. The normalized spacial score (nSPS) is 41.9. The van der Waals surface area contributed by atoms with E-state index < -0.39 is 15.4 Å². The summed E-state index contributed by atoms with van der Waals surface area (Å²) in [5, 5.41) is 0. The number of rotatable bonds is 3. The predicted molar refractivity (Wildman–Crippen MR) is 46.1 cm³/mol. The molecule has 0 saturated heterocycles. The topological polar surface area (TPSA) is 89.3 Å². The van der Waals surface area contributed by atoms with Gasteiger partial charge in [0, 0.05) is 6.04 Å². The molecule has 0 spiro atoms. The van der Waals surface area contributed by atoms with Gasteiger partial charge in [0.15, 0.2) is 0 Å². The lowest BCUT2D eigenvalue weighted by Gasteiger charge is -2.65. The van der Waals surface area contributed by atoms with Gasteiger partial charge in [0.05, 0.1) is 11.7 Å². The quantitative estimate of drug-likeness (QED) is 0.605. The van der Waals surface area contributed by atoms with Crippen molar-refractivity contribution in [2.75, 3.05) is 6.26 Å². The van der Waals surface area contributed by atoms with Gasteiger partial charge in [-0.05, 0) is 18.8 Å². The van der Waals surface area contributed by atoms with Crippen LogP contribution in [0.4, 0.5) is 0 Å². The first-order valence-electron chi connectivity index (χ1n) is 4.12. The van der Waals surface area contributed by atoms with E-state index in [1.165, 1.54) is 0 Å². The maximum absolute atomic E-state index is 11.0. The Morgan fingerprint density at radius 2 is 2.08 bits per heavy atom. The molecule has 3 aliphatic rings. The van der Waals surface area contributed by atoms with Crippen LogP contribution in [0.25, 0.3) is 0 Å². The zero-order valence-electron chi connectivity index (χ0n) is 7.28. The van der Waals surface area contributed by atoms with Crippen molar-refractivity contribution in [2.24, 2.45) is 17.1 Å². The SMILES string of the molecule is CS(=O)(=O)NC1C2CC1(C(N)=O)C2. The van der Waals surface area contributed by atoms with E-state index in [9.17, 15) is 13.2 Å². The lowest BCUT2D eigenvalue weighted by Crippen LogP contribution is -2.76. The number of carbonyl (C=O) groups is 1. The minimum Gasteiger partial charge on any atom is -0.369 e. The molecule has 3 rings (SSSR count). The van der Waals surface area contributed by atoms with Crippen molar-refractivity contribution >= 4 is 15.9 Å². The first-order valence-corrected chi connectivity index (χ1v) is 6.01. The summed E-state index contributed by atoms with van der Waals surface area (Å²) in [7, 11) is -3.22. The third kappa shape index (κ3) is 1.08. The molecule has 3 aliphatic carbocycles. The van der Waals surface area contributed by atoms with E-state index in [1.807, 2.05) is 0 Å². The number of sulfonamides is 1. The number of hydrogen-bond acceptors (Lipinski definition) is 3. The van der Waals surface area contributed by atoms with E-state index in [0.717, 1.165) is 19.1 Å². The van der Waals surface area contributed by atoms with Gasteiger partial charge in [-0.3, -0.25) is 4.79 Å². The molecule has 1 amide bonds. The molecule has 0 radical (unpaired) electrons. The number of hydrogen-bond donors (Lipinski definition) is 2. The molecule has 1 unspecified atom stereocenters. The fraction of sp³-hybridized carbons (Fsp3) is 0.857. The molecule has 13 heavy (non-hydrogen) atoms. The summed E-state index contributed by atoms with van der Waals surface area (Å²) in [6, 6.07) is -0.236. The van der Waals surface area contributed by atoms with E-state index >= 15 is 0 Å². The average molecular weight is 204 g/mol. The Balaban J connectivity index is 2.10. The van der Waals surface area contributed by atoms with Gasteiger partial charge in [-0.15, -0.1) is 0 Å². The van der Waals surface area contributed by atoms with Gasteiger partial charge in [0.1, 0.15) is 0 Å². The molecule has 0 aromatic rings. The standard InChI is InChI=1S/C7H12N2O3S/c1-13(11,12)9-5-4-2-7(5,3-4)6(8)10/h4-5,9H,2-3H2,1H3,(H2,8,10). The maximum Gasteiger partial charge on any atom is 0.225 e. The molecular weight excluding hydrogens is 192 g/mol. The molecule has 0 aliphatic heterocycles. The smallest absolute Gasteiger partial charge is 0.225 e. The van der Waals surface area contributed by atoms with Crippen LogP contribution in [-0.2, 0) is 14.8 Å². The lowest BCUT2D eigenvalue weighted by molar-refractivity contribution is -0.173. The molecular formula is C7H12N2O3S. The Labute approximate surface area is 76.7 Å². The lowest BCUT2D eigenvalue weighted by atomic mass is 9.41. The first kappa shape index (κ1) is 8.96. The van der Waals surface area contributed by atoms with Gasteiger partial charge in [-0.1, -0.05) is 0 Å². The van der Waals surface area contributed by atoms with Gasteiger partial charge in [0.2, 0.25) is 15.9 Å². The predicted octanol–water partition coefficient (Wildman–Crippen LogP) is -1.20. The molecule has 3 saturated carbocycles. The molecule has 0 heterocycles. The van der Waals surface area contributed by atoms with Gasteiger partial charge >= 0.3 is 0 Å². The van der Waals surface area contributed by atoms with Crippen LogP contribution >= 0.6 is 0 Å². The highest BCUT2D eigenvalue weighted by molar-refractivity contribution is 7.88. The number of nitrogens with two attached hydrogens (primary N) is 1. The molecule has 74 valence electrons. The molecule has 2 bridgehead atoms. The zero-order valence-corrected chi connectivity index (χ0v) is 8.10. The van der Waals surface area contributed by atoms with Crippen LogP contribution in [0, 0.1) is 11.3 Å². The molecule has 1 atom stereocenters. The van der Waals surface area contributed by atoms with Crippen molar-refractivity contribution < 1.29 is 13.2 Å². The van der Waals surface area contributed by atoms with Crippen LogP contribution in [0.3, 0.4) is 0 Å². The van der Waals surface area contributed by atoms with Crippen LogP contribution < -0.4 is 10.5 Å². The third-order valence-electron chi connectivity index (χ3n) is 3.15. The third-order valence-corrected chi connectivity index (χ3v) is 3.83. The van der Waals surface area contributed by atoms with Crippen molar-refractivity contribution in [3.8, 4) is 0 Å². The van der Waals surface area contributed by atoms with Crippen LogP contribution in [0.2, 0.25) is 0 Å². The van der Waals surface area contributed by atoms with Crippen LogP contribution in [0.15, 0.2) is 0 Å². The van der Waals surface area contributed by atoms with Crippen LogP contribution in [0.5, 0.6) is 0 Å². The van der Waals surface area contributed by atoms with Gasteiger partial charge < -0.3 is 5.73 Å². The van der Waals surface area contributed by atoms with Gasteiger partial charge in [0.25, 0.3) is 0 Å². The van der Waals surface area contributed by atoms with Crippen molar-refractivity contribution in [3.63, 3.8) is 0 Å². The fourth-order valence-electron chi connectivity index (χ4n) is 2.29. The second kappa shape index (κ2) is 2.24. The number of nitrogens with one attached hydrogen (secondary N) is 1. The maximum atomic E-state index is 11.0. The Morgan fingerprint density at radius 3 is 2.31 bits per heavy atom. The minimum absolute atomic E-state index is 0.236. The van der Waals surface area contributed by atoms with Crippen LogP contribution in [0.1, 0.15) is 12.8 Å². The summed E-state index contributed by atoms with van der Waals surface area (Å²) in [4.78, 5) is 11.0. The summed E-state index contributed by atoms with van der Waals surface area (Å²) in [5.41, 5.74) is 4.64. The van der Waals surface area contributed by atoms with Gasteiger partial charge in [-0.2, -0.15) is 0 Å². The van der Waals surface area contributed by atoms with Crippen molar-refractivity contribution in [2.45, 2.75) is 18.9 Å². The van der Waals surface area contributed by atoms with E-state index in [4.69, 9.17) is 5.73 Å². The van der Waals surface area contributed by atoms with Crippen LogP contribution in [-0.4, -0.2) is 26.6 Å². The molecule has 6 heteroatoms. The average Bonchev–Trinajstić information content (AvgIpc) is 1.76. The highest BCUT2D eigenvalue weighted by Gasteiger charge is 2.69. The van der Waals surface area contributed by atoms with Crippen molar-refractivity contribution in [3.05, 3.63) is 0 Å². The highest BCUT2D eigenvalue weighted by Crippen LogP contribution is 2.64. The summed E-state index contributed by atoms with van der Waals surface area (Å²) in [5.74, 6) is -0.0571. The summed E-state index contributed by atoms with van der Waals surface area (Å²) in [6.45, 7) is 0. The van der Waals surface area contributed by atoms with Crippen molar-refractivity contribution in [1.82, 2.24) is 4.72 Å². The summed E-state index contributed by atoms with van der Waals surface area (Å²) >= 11 is 0. The Bertz CT molecular complexity index is 356. The first-order chi connectivity index (χ1) is 5.85.